The molecule has 2 N–H and O–H groups in total. The number of amides is 2. The van der Waals surface area contributed by atoms with E-state index in [9.17, 15) is 4.79 Å². The second-order valence-electron chi connectivity index (χ2n) is 6.80. The Morgan fingerprint density at radius 2 is 2.10 bits per heavy atom. The van der Waals surface area contributed by atoms with Gasteiger partial charge in [0.25, 0.3) is 0 Å². The third kappa shape index (κ3) is 3.29. The van der Waals surface area contributed by atoms with Gasteiger partial charge < -0.3 is 34.3 Å². The highest BCUT2D eigenvalue weighted by Gasteiger charge is 2.50. The van der Waals surface area contributed by atoms with Crippen LogP contribution < -0.4 is 24.8 Å². The van der Waals surface area contributed by atoms with Gasteiger partial charge in [0.15, 0.2) is 11.5 Å². The van der Waals surface area contributed by atoms with E-state index in [2.05, 4.69) is 26.2 Å². The Hall–Kier alpha value is -3.12. The number of benzene rings is 1. The highest BCUT2D eigenvalue weighted by molar-refractivity contribution is 5.74. The number of nitrogens with one attached hydrogen (secondary N) is 2. The van der Waals surface area contributed by atoms with E-state index in [4.69, 9.17) is 23.7 Å². The molecule has 0 bridgehead atoms. The molecule has 2 saturated heterocycles. The molecule has 2 amide bonds. The van der Waals surface area contributed by atoms with Crippen LogP contribution in [0.25, 0.3) is 0 Å². The van der Waals surface area contributed by atoms with Crippen molar-refractivity contribution >= 4 is 6.03 Å². The summed E-state index contributed by atoms with van der Waals surface area (Å²) in [6.07, 6.45) is -0.588. The fraction of sp³-hybridized carbons (Fsp3) is 0.529. The lowest BCUT2D eigenvalue weighted by Gasteiger charge is -2.18. The molecule has 12 heteroatoms. The molecule has 0 unspecified atom stereocenters. The molecule has 1 aromatic carbocycles. The summed E-state index contributed by atoms with van der Waals surface area (Å²) in [6, 6.07) is 4.67. The van der Waals surface area contributed by atoms with E-state index in [1.807, 2.05) is 6.92 Å². The van der Waals surface area contributed by atoms with E-state index < -0.39 is 0 Å². The van der Waals surface area contributed by atoms with Crippen molar-refractivity contribution < 1.29 is 28.5 Å². The van der Waals surface area contributed by atoms with E-state index >= 15 is 0 Å². The molecule has 0 saturated carbocycles. The summed E-state index contributed by atoms with van der Waals surface area (Å²) in [6.45, 7) is 3.27. The molecule has 4 atom stereocenters. The fourth-order valence-corrected chi connectivity index (χ4v) is 3.70. The second kappa shape index (κ2) is 7.37. The average Bonchev–Trinajstić information content (AvgIpc) is 3.47. The van der Waals surface area contributed by atoms with Gasteiger partial charge in [-0.05, 0) is 29.5 Å². The Morgan fingerprint density at radius 3 is 3.00 bits per heavy atom. The highest BCUT2D eigenvalue weighted by Crippen LogP contribution is 2.38. The van der Waals surface area contributed by atoms with Gasteiger partial charge in [0.2, 0.25) is 6.79 Å². The first kappa shape index (κ1) is 17.9. The summed E-state index contributed by atoms with van der Waals surface area (Å²) < 4.78 is 29.9. The van der Waals surface area contributed by atoms with Crippen molar-refractivity contribution in [1.82, 2.24) is 30.8 Å². The van der Waals surface area contributed by atoms with Crippen LogP contribution in [-0.4, -0.2) is 71.0 Å². The first-order chi connectivity index (χ1) is 14.2. The standard InChI is InChI=1S/C17H20N6O6/c1-2-18-16(24)19-10-6-25-15-11(7-26-14(10)15)23-17(20-21-22-23)29-9-3-4-12-13(5-9)28-8-27-12/h3-5,10-11,14-15H,2,6-8H2,1H3,(H2,18,19,24)/t10-,11-,14+,15+/m0/s1. The SMILES string of the molecule is CCNC(=O)N[C@H]1CO[C@H]2[C@@H]1OC[C@@H]2n1nnnc1Oc1ccc2c(c1)OCO2. The van der Waals surface area contributed by atoms with Crippen molar-refractivity contribution in [3.63, 3.8) is 0 Å². The third-order valence-corrected chi connectivity index (χ3v) is 5.01. The quantitative estimate of drug-likeness (QED) is 0.718. The van der Waals surface area contributed by atoms with Crippen molar-refractivity contribution in [2.24, 2.45) is 0 Å². The van der Waals surface area contributed by atoms with Gasteiger partial charge in [-0.15, -0.1) is 0 Å². The van der Waals surface area contributed by atoms with Crippen LogP contribution in [0.2, 0.25) is 0 Å². The number of fused-ring (bicyclic) bond motifs is 2. The molecule has 29 heavy (non-hydrogen) atoms. The average molecular weight is 404 g/mol. The number of carbonyl (C=O) groups is 1. The van der Waals surface area contributed by atoms with E-state index in [1.54, 1.807) is 22.9 Å². The van der Waals surface area contributed by atoms with Crippen molar-refractivity contribution in [3.05, 3.63) is 18.2 Å². The van der Waals surface area contributed by atoms with Crippen LogP contribution in [0.4, 0.5) is 4.79 Å². The number of nitrogens with zero attached hydrogens (tertiary/aromatic N) is 4. The molecule has 2 fully saturated rings. The Bertz CT molecular complexity index is 906. The molecule has 4 heterocycles. The van der Waals surface area contributed by atoms with Gasteiger partial charge >= 0.3 is 12.0 Å². The largest absolute Gasteiger partial charge is 0.454 e. The maximum Gasteiger partial charge on any atom is 0.341 e. The van der Waals surface area contributed by atoms with Crippen molar-refractivity contribution in [2.45, 2.75) is 31.2 Å². The monoisotopic (exact) mass is 404 g/mol. The number of ether oxygens (including phenoxy) is 5. The fourth-order valence-electron chi connectivity index (χ4n) is 3.70. The van der Waals surface area contributed by atoms with Crippen LogP contribution in [0.3, 0.4) is 0 Å². The highest BCUT2D eigenvalue weighted by atomic mass is 16.7. The molecule has 5 rings (SSSR count). The first-order valence-electron chi connectivity index (χ1n) is 9.36. The topological polar surface area (TPSA) is 131 Å². The van der Waals surface area contributed by atoms with Crippen LogP contribution in [0.5, 0.6) is 23.3 Å². The minimum Gasteiger partial charge on any atom is -0.454 e. The lowest BCUT2D eigenvalue weighted by molar-refractivity contribution is 0.0613. The van der Waals surface area contributed by atoms with Gasteiger partial charge in [0, 0.05) is 12.6 Å². The summed E-state index contributed by atoms with van der Waals surface area (Å²) in [4.78, 5) is 11.8. The number of carbonyl (C=O) groups excluding carboxylic acids is 1. The zero-order valence-electron chi connectivity index (χ0n) is 15.6. The summed E-state index contributed by atoms with van der Waals surface area (Å²) in [5.41, 5.74) is 0. The predicted octanol–water partition coefficient (Wildman–Crippen LogP) is 0.220. The van der Waals surface area contributed by atoms with Crippen LogP contribution in [-0.2, 0) is 9.47 Å². The second-order valence-corrected chi connectivity index (χ2v) is 6.80. The van der Waals surface area contributed by atoms with Gasteiger partial charge in [0.1, 0.15) is 24.0 Å². The predicted molar refractivity (Wildman–Crippen MR) is 95.0 cm³/mol. The maximum atomic E-state index is 11.8. The summed E-state index contributed by atoms with van der Waals surface area (Å²) >= 11 is 0. The van der Waals surface area contributed by atoms with Gasteiger partial charge in [0.05, 0.1) is 19.3 Å². The zero-order valence-corrected chi connectivity index (χ0v) is 15.6. The molecule has 0 radical (unpaired) electrons. The minimum absolute atomic E-state index is 0.182. The number of rotatable bonds is 5. The van der Waals surface area contributed by atoms with E-state index in [0.717, 1.165) is 0 Å². The molecular weight excluding hydrogens is 384 g/mol. The lowest BCUT2D eigenvalue weighted by atomic mass is 10.1. The Kier molecular flexibility index (Phi) is 4.56. The summed E-state index contributed by atoms with van der Waals surface area (Å²) in [5, 5.41) is 17.3. The Labute approximate surface area is 165 Å². The Balaban J connectivity index is 1.29. The molecule has 3 aliphatic rings. The summed E-state index contributed by atoms with van der Waals surface area (Å²) in [5.74, 6) is 1.78. The molecule has 0 spiro atoms. The van der Waals surface area contributed by atoms with Crippen molar-refractivity contribution in [3.8, 4) is 23.3 Å². The van der Waals surface area contributed by atoms with E-state index in [1.165, 1.54) is 0 Å². The van der Waals surface area contributed by atoms with Gasteiger partial charge in [-0.25, -0.2) is 4.79 Å². The number of hydrogen-bond donors (Lipinski definition) is 2. The number of tetrazole rings is 1. The van der Waals surface area contributed by atoms with Gasteiger partial charge in [-0.2, -0.15) is 4.68 Å². The lowest BCUT2D eigenvalue weighted by Crippen LogP contribution is -2.48. The number of urea groups is 1. The Morgan fingerprint density at radius 1 is 1.24 bits per heavy atom. The maximum absolute atomic E-state index is 11.8. The number of hydrogen-bond acceptors (Lipinski definition) is 9. The first-order valence-corrected chi connectivity index (χ1v) is 9.36. The molecule has 2 aromatic rings. The molecule has 154 valence electrons. The molecular formula is C17H20N6O6. The van der Waals surface area contributed by atoms with Crippen molar-refractivity contribution in [2.75, 3.05) is 26.6 Å². The van der Waals surface area contributed by atoms with Crippen LogP contribution in [0, 0.1) is 0 Å². The molecule has 0 aliphatic carbocycles. The molecule has 12 nitrogen and oxygen atoms in total. The van der Waals surface area contributed by atoms with Crippen LogP contribution >= 0.6 is 0 Å². The molecule has 3 aliphatic heterocycles. The van der Waals surface area contributed by atoms with E-state index in [0.29, 0.717) is 37.0 Å². The van der Waals surface area contributed by atoms with Crippen LogP contribution in [0.1, 0.15) is 13.0 Å². The molecule has 1 aromatic heterocycles. The van der Waals surface area contributed by atoms with Gasteiger partial charge in [-0.3, -0.25) is 0 Å². The zero-order chi connectivity index (χ0) is 19.8. The smallest absolute Gasteiger partial charge is 0.341 e. The normalized spacial score (nSPS) is 26.9. The number of aromatic nitrogens is 4. The van der Waals surface area contributed by atoms with Gasteiger partial charge in [-0.1, -0.05) is 5.10 Å². The summed E-state index contributed by atoms with van der Waals surface area (Å²) in [7, 11) is 0. The van der Waals surface area contributed by atoms with Crippen LogP contribution in [0.15, 0.2) is 18.2 Å². The third-order valence-electron chi connectivity index (χ3n) is 5.01. The minimum atomic E-state index is -0.301. The van der Waals surface area contributed by atoms with E-state index in [-0.39, 0.29) is 43.1 Å². The van der Waals surface area contributed by atoms with Crippen molar-refractivity contribution in [1.29, 1.82) is 0 Å².